The monoisotopic (exact) mass is 310 g/mol. The highest BCUT2D eigenvalue weighted by Gasteiger charge is 2.20. The van der Waals surface area contributed by atoms with Crippen LogP contribution in [0.3, 0.4) is 0 Å². The lowest BCUT2D eigenvalue weighted by atomic mass is 10.00. The zero-order valence-electron chi connectivity index (χ0n) is 12.7. The summed E-state index contributed by atoms with van der Waals surface area (Å²) in [7, 11) is 0. The van der Waals surface area contributed by atoms with Gasteiger partial charge in [0.25, 0.3) is 0 Å². The molecule has 1 N–H and O–H groups in total. The van der Waals surface area contributed by atoms with Crippen LogP contribution in [0, 0.1) is 5.92 Å². The quantitative estimate of drug-likeness (QED) is 0.742. The molecule has 1 atom stereocenters. The molecule has 0 bridgehead atoms. The lowest BCUT2D eigenvalue weighted by Gasteiger charge is -2.07. The number of H-pyrrole nitrogens is 1. The van der Waals surface area contributed by atoms with Gasteiger partial charge >= 0.3 is 0 Å². The maximum atomic E-state index is 13.0. The molecule has 1 unspecified atom stereocenters. The van der Waals surface area contributed by atoms with E-state index in [1.54, 1.807) is 11.3 Å². The Morgan fingerprint density at radius 3 is 3.18 bits per heavy atom. The molecule has 0 aromatic carbocycles. The molecule has 3 aromatic heterocycles. The highest BCUT2D eigenvalue weighted by atomic mass is 32.1. The van der Waals surface area contributed by atoms with Gasteiger partial charge in [0.2, 0.25) is 5.78 Å². The van der Waals surface area contributed by atoms with Gasteiger partial charge in [0, 0.05) is 34.3 Å². The highest BCUT2D eigenvalue weighted by Crippen LogP contribution is 2.26. The first-order valence-electron chi connectivity index (χ1n) is 7.70. The summed E-state index contributed by atoms with van der Waals surface area (Å²) in [5, 5.41) is 5.38. The normalized spacial score (nSPS) is 17.1. The number of carbonyl (C=O) groups is 1. The Kier molecular flexibility index (Phi) is 3.08. The summed E-state index contributed by atoms with van der Waals surface area (Å²) in [6, 6.07) is 4.10. The second-order valence-electron chi connectivity index (χ2n) is 5.90. The number of ketones is 1. The fraction of sp³-hybridized carbons (Fsp3) is 0.278. The van der Waals surface area contributed by atoms with Gasteiger partial charge in [0.15, 0.2) is 0 Å². The molecular weight excluding hydrogens is 292 g/mol. The Balaban J connectivity index is 1.89. The van der Waals surface area contributed by atoms with E-state index in [2.05, 4.69) is 47.0 Å². The van der Waals surface area contributed by atoms with E-state index < -0.39 is 0 Å². The van der Waals surface area contributed by atoms with Crippen molar-refractivity contribution in [2.75, 3.05) is 0 Å². The Hall–Kier alpha value is -2.07. The number of aromatic amines is 1. The maximum Gasteiger partial charge on any atom is 0.211 e. The first-order chi connectivity index (χ1) is 10.7. The Morgan fingerprint density at radius 2 is 2.36 bits per heavy atom. The number of carbonyl (C=O) groups excluding carboxylic acids is 1. The van der Waals surface area contributed by atoms with Crippen LogP contribution in [0.1, 0.15) is 36.3 Å². The zero-order chi connectivity index (χ0) is 15.3. The summed E-state index contributed by atoms with van der Waals surface area (Å²) in [5.41, 5.74) is 1.58. The highest BCUT2D eigenvalue weighted by molar-refractivity contribution is 7.16. The van der Waals surface area contributed by atoms with Crippen molar-refractivity contribution in [1.82, 2.24) is 9.55 Å². The zero-order valence-corrected chi connectivity index (χ0v) is 13.5. The van der Waals surface area contributed by atoms with Crippen LogP contribution in [0.15, 0.2) is 23.7 Å². The van der Waals surface area contributed by atoms with Gasteiger partial charge in [-0.25, -0.2) is 0 Å². The minimum atomic E-state index is 0.113. The fourth-order valence-electron chi connectivity index (χ4n) is 3.27. The lowest BCUT2D eigenvalue weighted by Crippen LogP contribution is -2.31. The molecule has 0 aliphatic heterocycles. The molecule has 0 saturated carbocycles. The van der Waals surface area contributed by atoms with E-state index >= 15 is 0 Å². The SMILES string of the molecule is CCn1c(C(=O)c2c[nH]c3c2=CCC(C)C=3)cc2ccsc21. The van der Waals surface area contributed by atoms with Crippen molar-refractivity contribution < 1.29 is 4.79 Å². The Labute approximate surface area is 132 Å². The molecule has 22 heavy (non-hydrogen) atoms. The molecule has 0 amide bonds. The van der Waals surface area contributed by atoms with Crippen LogP contribution >= 0.6 is 11.3 Å². The van der Waals surface area contributed by atoms with Gasteiger partial charge in [-0.2, -0.15) is 0 Å². The molecule has 4 heteroatoms. The van der Waals surface area contributed by atoms with Crippen LogP contribution in [0.2, 0.25) is 0 Å². The molecule has 0 spiro atoms. The van der Waals surface area contributed by atoms with E-state index in [1.165, 1.54) is 4.83 Å². The molecule has 1 aliphatic carbocycles. The first kappa shape index (κ1) is 13.6. The smallest absolute Gasteiger partial charge is 0.211 e. The summed E-state index contributed by atoms with van der Waals surface area (Å²) >= 11 is 1.69. The number of hydrogen-bond acceptors (Lipinski definition) is 2. The minimum Gasteiger partial charge on any atom is -0.361 e. The van der Waals surface area contributed by atoms with Crippen molar-refractivity contribution in [3.63, 3.8) is 0 Å². The third kappa shape index (κ3) is 1.91. The molecule has 3 aromatic rings. The van der Waals surface area contributed by atoms with E-state index in [9.17, 15) is 4.79 Å². The van der Waals surface area contributed by atoms with Gasteiger partial charge in [-0.1, -0.05) is 19.1 Å². The molecule has 3 nitrogen and oxygen atoms in total. The van der Waals surface area contributed by atoms with Gasteiger partial charge in [0.1, 0.15) is 4.83 Å². The number of hydrogen-bond donors (Lipinski definition) is 1. The molecular formula is C18H18N2OS. The van der Waals surface area contributed by atoms with E-state index in [-0.39, 0.29) is 5.78 Å². The largest absolute Gasteiger partial charge is 0.361 e. The third-order valence-electron chi connectivity index (χ3n) is 4.39. The van der Waals surface area contributed by atoms with Crippen molar-refractivity contribution >= 4 is 39.5 Å². The number of aryl methyl sites for hydroxylation is 1. The molecule has 1 aliphatic rings. The molecule has 0 radical (unpaired) electrons. The summed E-state index contributed by atoms with van der Waals surface area (Å²) in [6.07, 6.45) is 7.25. The van der Waals surface area contributed by atoms with Crippen LogP contribution in [0.25, 0.3) is 22.4 Å². The number of fused-ring (bicyclic) bond motifs is 2. The number of thiophene rings is 1. The molecule has 4 rings (SSSR count). The predicted molar refractivity (Wildman–Crippen MR) is 91.7 cm³/mol. The van der Waals surface area contributed by atoms with Crippen molar-refractivity contribution in [1.29, 1.82) is 0 Å². The second kappa shape index (κ2) is 4.99. The van der Waals surface area contributed by atoms with Gasteiger partial charge < -0.3 is 9.55 Å². The van der Waals surface area contributed by atoms with Crippen molar-refractivity contribution in [2.24, 2.45) is 5.92 Å². The number of rotatable bonds is 3. The standard InChI is InChI=1S/C18H18N2OS/c1-3-20-16(9-12-6-7-22-18(12)20)17(21)14-10-19-15-8-11(2)4-5-13(14)15/h5-11,19H,3-4H2,1-2H3. The van der Waals surface area contributed by atoms with Gasteiger partial charge in [-0.05, 0) is 36.8 Å². The molecule has 3 heterocycles. The van der Waals surface area contributed by atoms with Crippen LogP contribution in [-0.4, -0.2) is 15.3 Å². The van der Waals surface area contributed by atoms with Crippen molar-refractivity contribution in [2.45, 2.75) is 26.8 Å². The first-order valence-corrected chi connectivity index (χ1v) is 8.58. The van der Waals surface area contributed by atoms with E-state index in [4.69, 9.17) is 0 Å². The van der Waals surface area contributed by atoms with Crippen molar-refractivity contribution in [3.05, 3.63) is 45.5 Å². The Bertz CT molecular complexity index is 986. The minimum absolute atomic E-state index is 0.113. The summed E-state index contributed by atoms with van der Waals surface area (Å²) in [6.45, 7) is 5.09. The van der Waals surface area contributed by atoms with Crippen LogP contribution in [0.5, 0.6) is 0 Å². The predicted octanol–water partition coefficient (Wildman–Crippen LogP) is 2.88. The van der Waals surface area contributed by atoms with Crippen LogP contribution in [-0.2, 0) is 6.54 Å². The lowest BCUT2D eigenvalue weighted by molar-refractivity contribution is 0.103. The number of aromatic nitrogens is 2. The summed E-state index contributed by atoms with van der Waals surface area (Å²) in [5.74, 6) is 0.640. The maximum absolute atomic E-state index is 13.0. The van der Waals surface area contributed by atoms with E-state index in [1.807, 2.05) is 12.3 Å². The van der Waals surface area contributed by atoms with Gasteiger partial charge in [-0.15, -0.1) is 11.3 Å². The molecule has 0 fully saturated rings. The summed E-state index contributed by atoms with van der Waals surface area (Å²) in [4.78, 5) is 17.5. The second-order valence-corrected chi connectivity index (χ2v) is 6.79. The fourth-order valence-corrected chi connectivity index (χ4v) is 4.23. The van der Waals surface area contributed by atoms with Crippen molar-refractivity contribution in [3.8, 4) is 0 Å². The van der Waals surface area contributed by atoms with Crippen LogP contribution in [0.4, 0.5) is 0 Å². The average molecular weight is 310 g/mol. The van der Waals surface area contributed by atoms with Crippen LogP contribution < -0.4 is 10.6 Å². The van der Waals surface area contributed by atoms with E-state index in [0.29, 0.717) is 5.92 Å². The summed E-state index contributed by atoms with van der Waals surface area (Å²) < 4.78 is 2.12. The van der Waals surface area contributed by atoms with Gasteiger partial charge in [0.05, 0.1) is 5.69 Å². The van der Waals surface area contributed by atoms with Gasteiger partial charge in [-0.3, -0.25) is 4.79 Å². The molecule has 112 valence electrons. The van der Waals surface area contributed by atoms with E-state index in [0.717, 1.165) is 40.2 Å². The molecule has 0 saturated heterocycles. The Morgan fingerprint density at radius 1 is 1.50 bits per heavy atom. The third-order valence-corrected chi connectivity index (χ3v) is 5.34. The topological polar surface area (TPSA) is 37.8 Å². The number of nitrogens with one attached hydrogen (secondary N) is 1. The average Bonchev–Trinajstić information content (AvgIpc) is 3.19. The number of nitrogens with zero attached hydrogens (tertiary/aromatic N) is 1.